The lowest BCUT2D eigenvalue weighted by Gasteiger charge is -2.18. The first-order valence-corrected chi connectivity index (χ1v) is 9.14. The molecule has 0 bridgehead atoms. The summed E-state index contributed by atoms with van der Waals surface area (Å²) in [7, 11) is 0. The fraction of sp³-hybridized carbons (Fsp3) is 0.364. The Kier molecular flexibility index (Phi) is 7.39. The molecule has 4 nitrogen and oxygen atoms in total. The van der Waals surface area contributed by atoms with Crippen molar-refractivity contribution in [1.29, 1.82) is 0 Å². The van der Waals surface area contributed by atoms with Crippen molar-refractivity contribution >= 4 is 17.6 Å². The minimum Gasteiger partial charge on any atom is -0.453 e. The van der Waals surface area contributed by atoms with E-state index in [0.29, 0.717) is 12.3 Å². The van der Waals surface area contributed by atoms with Crippen LogP contribution in [-0.4, -0.2) is 18.0 Å². The van der Waals surface area contributed by atoms with E-state index in [1.54, 1.807) is 6.92 Å². The van der Waals surface area contributed by atoms with Crippen LogP contribution in [-0.2, 0) is 20.7 Å². The number of esters is 1. The summed E-state index contributed by atoms with van der Waals surface area (Å²) in [6.45, 7) is 5.83. The van der Waals surface area contributed by atoms with E-state index in [2.05, 4.69) is 19.2 Å². The maximum atomic E-state index is 12.4. The van der Waals surface area contributed by atoms with Gasteiger partial charge in [-0.15, -0.1) is 0 Å². The first kappa shape index (κ1) is 19.7. The zero-order valence-corrected chi connectivity index (χ0v) is 15.7. The van der Waals surface area contributed by atoms with Gasteiger partial charge in [0.1, 0.15) is 0 Å². The van der Waals surface area contributed by atoms with Crippen LogP contribution in [0.3, 0.4) is 0 Å². The van der Waals surface area contributed by atoms with Gasteiger partial charge in [0.2, 0.25) is 0 Å². The molecule has 0 saturated carbocycles. The Balaban J connectivity index is 1.88. The fourth-order valence-electron chi connectivity index (χ4n) is 2.70. The van der Waals surface area contributed by atoms with Crippen LogP contribution in [0, 0.1) is 0 Å². The maximum Gasteiger partial charge on any atom is 0.306 e. The smallest absolute Gasteiger partial charge is 0.306 e. The molecule has 0 radical (unpaired) electrons. The van der Waals surface area contributed by atoms with E-state index in [0.717, 1.165) is 23.2 Å². The molecule has 0 aliphatic carbocycles. The lowest BCUT2D eigenvalue weighted by atomic mass is 9.97. The highest BCUT2D eigenvalue weighted by Gasteiger charge is 2.19. The second kappa shape index (κ2) is 9.76. The van der Waals surface area contributed by atoms with E-state index in [1.165, 1.54) is 0 Å². The minimum atomic E-state index is -0.830. The molecular weight excluding hydrogens is 326 g/mol. The lowest BCUT2D eigenvalue weighted by molar-refractivity contribution is -0.153. The molecule has 1 N–H and O–H groups in total. The van der Waals surface area contributed by atoms with Crippen molar-refractivity contribution in [2.24, 2.45) is 0 Å². The third-order valence-corrected chi connectivity index (χ3v) is 4.50. The van der Waals surface area contributed by atoms with Gasteiger partial charge in [-0.05, 0) is 42.9 Å². The zero-order chi connectivity index (χ0) is 18.9. The highest BCUT2D eigenvalue weighted by atomic mass is 16.5. The van der Waals surface area contributed by atoms with Crippen molar-refractivity contribution in [1.82, 2.24) is 0 Å². The highest BCUT2D eigenvalue weighted by molar-refractivity contribution is 5.95. The van der Waals surface area contributed by atoms with Gasteiger partial charge < -0.3 is 10.1 Å². The molecule has 0 aromatic heterocycles. The van der Waals surface area contributed by atoms with Crippen LogP contribution in [0.5, 0.6) is 0 Å². The number of aryl methyl sites for hydroxylation is 1. The SMILES string of the molecule is CC[C@@H](C)c1ccccc1NC(=O)[C@H](C)OC(=O)CCc1ccccc1. The number of ether oxygens (including phenoxy) is 1. The van der Waals surface area contributed by atoms with Crippen LogP contribution in [0.2, 0.25) is 0 Å². The van der Waals surface area contributed by atoms with Crippen LogP contribution >= 0.6 is 0 Å². The number of hydrogen-bond donors (Lipinski definition) is 1. The number of rotatable bonds is 8. The number of benzene rings is 2. The van der Waals surface area contributed by atoms with Gasteiger partial charge in [0.25, 0.3) is 5.91 Å². The predicted molar refractivity (Wildman–Crippen MR) is 104 cm³/mol. The Morgan fingerprint density at radius 3 is 2.35 bits per heavy atom. The number of amides is 1. The first-order valence-electron chi connectivity index (χ1n) is 9.14. The molecule has 0 saturated heterocycles. The van der Waals surface area contributed by atoms with E-state index in [1.807, 2.05) is 54.6 Å². The number of para-hydroxylation sites is 1. The summed E-state index contributed by atoms with van der Waals surface area (Å²) in [4.78, 5) is 24.4. The normalized spacial score (nSPS) is 12.9. The molecule has 2 aromatic rings. The average Bonchev–Trinajstić information content (AvgIpc) is 2.67. The summed E-state index contributed by atoms with van der Waals surface area (Å²) >= 11 is 0. The van der Waals surface area contributed by atoms with Gasteiger partial charge in [0.15, 0.2) is 6.10 Å². The van der Waals surface area contributed by atoms with Crippen LogP contribution in [0.4, 0.5) is 5.69 Å². The Morgan fingerprint density at radius 1 is 1.00 bits per heavy atom. The quantitative estimate of drug-likeness (QED) is 0.700. The molecule has 2 atom stereocenters. The summed E-state index contributed by atoms with van der Waals surface area (Å²) < 4.78 is 5.28. The summed E-state index contributed by atoms with van der Waals surface area (Å²) in [5.74, 6) is -0.337. The summed E-state index contributed by atoms with van der Waals surface area (Å²) in [5.41, 5.74) is 2.94. The van der Waals surface area contributed by atoms with Gasteiger partial charge in [0.05, 0.1) is 0 Å². The van der Waals surface area contributed by atoms with Gasteiger partial charge >= 0.3 is 5.97 Å². The van der Waals surface area contributed by atoms with Crippen LogP contribution in [0.1, 0.15) is 50.7 Å². The first-order chi connectivity index (χ1) is 12.5. The molecule has 4 heteroatoms. The van der Waals surface area contributed by atoms with E-state index in [4.69, 9.17) is 4.74 Å². The molecule has 0 heterocycles. The molecule has 0 spiro atoms. The summed E-state index contributed by atoms with van der Waals surface area (Å²) in [6, 6.07) is 17.5. The number of nitrogens with one attached hydrogen (secondary N) is 1. The van der Waals surface area contributed by atoms with E-state index in [9.17, 15) is 9.59 Å². The Bertz CT molecular complexity index is 727. The fourth-order valence-corrected chi connectivity index (χ4v) is 2.70. The Labute approximate surface area is 155 Å². The number of anilines is 1. The van der Waals surface area contributed by atoms with E-state index in [-0.39, 0.29) is 18.3 Å². The summed E-state index contributed by atoms with van der Waals surface area (Å²) in [5, 5.41) is 2.89. The third-order valence-electron chi connectivity index (χ3n) is 4.50. The second-order valence-electron chi connectivity index (χ2n) is 6.50. The summed E-state index contributed by atoms with van der Waals surface area (Å²) in [6.07, 6.45) is 1.01. The van der Waals surface area contributed by atoms with Crippen LogP contribution < -0.4 is 5.32 Å². The topological polar surface area (TPSA) is 55.4 Å². The lowest BCUT2D eigenvalue weighted by Crippen LogP contribution is -2.30. The molecule has 138 valence electrons. The molecule has 0 aliphatic heterocycles. The molecule has 1 amide bonds. The molecule has 2 aromatic carbocycles. The van der Waals surface area contributed by atoms with Gasteiger partial charge in [-0.3, -0.25) is 9.59 Å². The van der Waals surface area contributed by atoms with Crippen molar-refractivity contribution in [2.75, 3.05) is 5.32 Å². The molecule has 0 fully saturated rings. The second-order valence-corrected chi connectivity index (χ2v) is 6.50. The standard InChI is InChI=1S/C22H27NO3/c1-4-16(2)19-12-8-9-13-20(19)23-22(25)17(3)26-21(24)15-14-18-10-6-5-7-11-18/h5-13,16-17H,4,14-15H2,1-3H3,(H,23,25)/t16-,17+/m1/s1. The van der Waals surface area contributed by atoms with Crippen molar-refractivity contribution in [3.8, 4) is 0 Å². The van der Waals surface area contributed by atoms with Crippen molar-refractivity contribution in [3.05, 3.63) is 65.7 Å². The van der Waals surface area contributed by atoms with Crippen LogP contribution in [0.15, 0.2) is 54.6 Å². The molecule has 0 aliphatic rings. The molecule has 0 unspecified atom stereocenters. The zero-order valence-electron chi connectivity index (χ0n) is 15.7. The molecule has 2 rings (SSSR count). The van der Waals surface area contributed by atoms with Crippen LogP contribution in [0.25, 0.3) is 0 Å². The third kappa shape index (κ3) is 5.73. The monoisotopic (exact) mass is 353 g/mol. The molecular formula is C22H27NO3. The highest BCUT2D eigenvalue weighted by Crippen LogP contribution is 2.26. The van der Waals surface area contributed by atoms with Gasteiger partial charge in [0, 0.05) is 12.1 Å². The van der Waals surface area contributed by atoms with Gasteiger partial charge in [-0.2, -0.15) is 0 Å². The number of carbonyl (C=O) groups is 2. The number of carbonyl (C=O) groups excluding carboxylic acids is 2. The van der Waals surface area contributed by atoms with E-state index >= 15 is 0 Å². The van der Waals surface area contributed by atoms with Crippen molar-refractivity contribution < 1.29 is 14.3 Å². The number of hydrogen-bond acceptors (Lipinski definition) is 3. The minimum absolute atomic E-state index is 0.255. The Morgan fingerprint density at radius 2 is 1.65 bits per heavy atom. The maximum absolute atomic E-state index is 12.4. The molecule has 26 heavy (non-hydrogen) atoms. The Hall–Kier alpha value is -2.62. The largest absolute Gasteiger partial charge is 0.453 e. The average molecular weight is 353 g/mol. The van der Waals surface area contributed by atoms with Crippen molar-refractivity contribution in [2.45, 2.75) is 52.1 Å². The predicted octanol–water partition coefficient (Wildman–Crippen LogP) is 4.70. The van der Waals surface area contributed by atoms with Gasteiger partial charge in [-0.1, -0.05) is 62.4 Å². The van der Waals surface area contributed by atoms with E-state index < -0.39 is 6.10 Å². The van der Waals surface area contributed by atoms with Gasteiger partial charge in [-0.25, -0.2) is 0 Å². The van der Waals surface area contributed by atoms with Crippen molar-refractivity contribution in [3.63, 3.8) is 0 Å².